The van der Waals surface area contributed by atoms with E-state index in [0.29, 0.717) is 5.69 Å². The molecule has 0 aliphatic rings. The number of anilines is 1. The van der Waals surface area contributed by atoms with Gasteiger partial charge >= 0.3 is 0 Å². The largest absolute Gasteiger partial charge is 0.358 e. The summed E-state index contributed by atoms with van der Waals surface area (Å²) in [5.74, 6) is -1.36. The van der Waals surface area contributed by atoms with Gasteiger partial charge in [-0.2, -0.15) is 0 Å². The molecule has 0 radical (unpaired) electrons. The summed E-state index contributed by atoms with van der Waals surface area (Å²) in [6.45, 7) is -0.0845. The highest BCUT2D eigenvalue weighted by molar-refractivity contribution is 5.92. The van der Waals surface area contributed by atoms with Crippen molar-refractivity contribution in [3.8, 4) is 0 Å². The number of carbonyl (C=O) groups excluding carboxylic acids is 3. The van der Waals surface area contributed by atoms with Crippen LogP contribution < -0.4 is 10.6 Å². The van der Waals surface area contributed by atoms with E-state index < -0.39 is 5.82 Å². The summed E-state index contributed by atoms with van der Waals surface area (Å²) in [7, 11) is 4.61. The molecule has 0 aromatic heterocycles. The lowest BCUT2D eigenvalue weighted by Crippen LogP contribution is -2.43. The number of nitrogens with zero attached hydrogens (tertiary/aromatic N) is 2. The average molecular weight is 324 g/mol. The van der Waals surface area contributed by atoms with Crippen molar-refractivity contribution in [2.24, 2.45) is 0 Å². The van der Waals surface area contributed by atoms with Gasteiger partial charge in [-0.3, -0.25) is 19.3 Å². The first-order valence-electron chi connectivity index (χ1n) is 7.00. The summed E-state index contributed by atoms with van der Waals surface area (Å²) < 4.78 is 13.0. The lowest BCUT2D eigenvalue weighted by atomic mass is 10.3. The van der Waals surface area contributed by atoms with Crippen molar-refractivity contribution in [3.63, 3.8) is 0 Å². The number of halogens is 1. The van der Waals surface area contributed by atoms with Gasteiger partial charge in [-0.05, 0) is 25.2 Å². The van der Waals surface area contributed by atoms with E-state index in [2.05, 4.69) is 10.6 Å². The second kappa shape index (κ2) is 8.84. The molecule has 0 unspecified atom stereocenters. The van der Waals surface area contributed by atoms with Gasteiger partial charge in [0.05, 0.1) is 19.6 Å². The maximum atomic E-state index is 13.0. The van der Waals surface area contributed by atoms with Crippen molar-refractivity contribution in [3.05, 3.63) is 30.1 Å². The third-order valence-corrected chi connectivity index (χ3v) is 3.01. The monoisotopic (exact) mass is 324 g/mol. The molecule has 0 atom stereocenters. The fourth-order valence-corrected chi connectivity index (χ4v) is 1.80. The van der Waals surface area contributed by atoms with E-state index in [1.165, 1.54) is 42.1 Å². The number of amides is 3. The second-order valence-electron chi connectivity index (χ2n) is 5.15. The molecule has 1 rings (SSSR count). The molecular weight excluding hydrogens is 303 g/mol. The van der Waals surface area contributed by atoms with Crippen molar-refractivity contribution < 1.29 is 18.8 Å². The van der Waals surface area contributed by atoms with Crippen LogP contribution in [0.1, 0.15) is 0 Å². The SMILES string of the molecule is CNC(=O)CN(C)C(=O)CN(C)CC(=O)Nc1cccc(F)c1. The number of likely N-dealkylation sites (N-methyl/N-ethyl adjacent to an activating group) is 3. The molecule has 0 bridgehead atoms. The van der Waals surface area contributed by atoms with E-state index in [1.807, 2.05) is 0 Å². The van der Waals surface area contributed by atoms with Crippen LogP contribution in [0, 0.1) is 5.82 Å². The van der Waals surface area contributed by atoms with E-state index in [9.17, 15) is 18.8 Å². The normalized spacial score (nSPS) is 10.3. The maximum absolute atomic E-state index is 13.0. The fourth-order valence-electron chi connectivity index (χ4n) is 1.80. The fraction of sp³-hybridized carbons (Fsp3) is 0.400. The van der Waals surface area contributed by atoms with Crippen molar-refractivity contribution in [1.82, 2.24) is 15.1 Å². The van der Waals surface area contributed by atoms with Crippen molar-refractivity contribution in [2.45, 2.75) is 0 Å². The molecular formula is C15H21FN4O3. The molecule has 8 heteroatoms. The summed E-state index contributed by atoms with van der Waals surface area (Å²) in [6.07, 6.45) is 0. The zero-order valence-electron chi connectivity index (χ0n) is 13.4. The van der Waals surface area contributed by atoms with Crippen molar-refractivity contribution in [2.75, 3.05) is 46.1 Å². The minimum Gasteiger partial charge on any atom is -0.358 e. The molecule has 0 aliphatic carbocycles. The number of carbonyl (C=O) groups is 3. The first-order chi connectivity index (χ1) is 10.8. The summed E-state index contributed by atoms with van der Waals surface area (Å²) >= 11 is 0. The molecule has 0 saturated carbocycles. The standard InChI is InChI=1S/C15H21FN4O3/c1-17-13(21)9-20(3)15(23)10-19(2)8-14(22)18-12-6-4-5-11(16)7-12/h4-7H,8-10H2,1-3H3,(H,17,21)(H,18,22). The van der Waals surface area contributed by atoms with Gasteiger partial charge in [-0.1, -0.05) is 6.07 Å². The molecule has 23 heavy (non-hydrogen) atoms. The molecule has 0 aliphatic heterocycles. The lowest BCUT2D eigenvalue weighted by Gasteiger charge is -2.21. The Morgan fingerprint density at radius 2 is 1.78 bits per heavy atom. The van der Waals surface area contributed by atoms with E-state index in [4.69, 9.17) is 0 Å². The second-order valence-corrected chi connectivity index (χ2v) is 5.15. The minimum absolute atomic E-state index is 0.00986. The Labute approximate surface area is 134 Å². The maximum Gasteiger partial charge on any atom is 0.239 e. The predicted molar refractivity (Wildman–Crippen MR) is 84.2 cm³/mol. The Kier molecular flexibility index (Phi) is 7.14. The minimum atomic E-state index is -0.442. The van der Waals surface area contributed by atoms with Gasteiger partial charge in [-0.25, -0.2) is 4.39 Å². The van der Waals surface area contributed by atoms with Gasteiger partial charge in [-0.15, -0.1) is 0 Å². The molecule has 2 N–H and O–H groups in total. The summed E-state index contributed by atoms with van der Waals surface area (Å²) in [5, 5.41) is 4.97. The highest BCUT2D eigenvalue weighted by Crippen LogP contribution is 2.08. The zero-order chi connectivity index (χ0) is 17.4. The summed E-state index contributed by atoms with van der Waals surface area (Å²) in [6, 6.07) is 5.55. The smallest absolute Gasteiger partial charge is 0.239 e. The van der Waals surface area contributed by atoms with Gasteiger partial charge < -0.3 is 15.5 Å². The summed E-state index contributed by atoms with van der Waals surface area (Å²) in [5.41, 5.74) is 0.353. The number of benzene rings is 1. The van der Waals surface area contributed by atoms with Crippen LogP contribution >= 0.6 is 0 Å². The Morgan fingerprint density at radius 3 is 2.39 bits per heavy atom. The van der Waals surface area contributed by atoms with E-state index in [-0.39, 0.29) is 37.4 Å². The number of nitrogens with one attached hydrogen (secondary N) is 2. The Morgan fingerprint density at radius 1 is 1.09 bits per heavy atom. The van der Waals surface area contributed by atoms with Crippen LogP contribution in [-0.4, -0.2) is 68.3 Å². The Hall–Kier alpha value is -2.48. The molecule has 0 spiro atoms. The predicted octanol–water partition coefficient (Wildman–Crippen LogP) is -0.0996. The van der Waals surface area contributed by atoms with Gasteiger partial charge in [0.25, 0.3) is 0 Å². The van der Waals surface area contributed by atoms with E-state index in [1.54, 1.807) is 13.1 Å². The average Bonchev–Trinajstić information content (AvgIpc) is 2.46. The van der Waals surface area contributed by atoms with Crippen molar-refractivity contribution >= 4 is 23.4 Å². The van der Waals surface area contributed by atoms with Crippen LogP contribution in [0.25, 0.3) is 0 Å². The third kappa shape index (κ3) is 6.88. The van der Waals surface area contributed by atoms with Crippen LogP contribution in [0.2, 0.25) is 0 Å². The molecule has 126 valence electrons. The molecule has 0 fully saturated rings. The highest BCUT2D eigenvalue weighted by Gasteiger charge is 2.16. The van der Waals surface area contributed by atoms with Crippen LogP contribution in [0.3, 0.4) is 0 Å². The van der Waals surface area contributed by atoms with Gasteiger partial charge in [0.2, 0.25) is 17.7 Å². The van der Waals surface area contributed by atoms with Gasteiger partial charge in [0.1, 0.15) is 5.82 Å². The number of rotatable bonds is 7. The molecule has 1 aromatic carbocycles. The van der Waals surface area contributed by atoms with E-state index >= 15 is 0 Å². The topological polar surface area (TPSA) is 81.8 Å². The van der Waals surface area contributed by atoms with Gasteiger partial charge in [0, 0.05) is 19.8 Å². The molecule has 1 aromatic rings. The van der Waals surface area contributed by atoms with Crippen molar-refractivity contribution in [1.29, 1.82) is 0 Å². The van der Waals surface area contributed by atoms with E-state index in [0.717, 1.165) is 0 Å². The van der Waals surface area contributed by atoms with Gasteiger partial charge in [0.15, 0.2) is 0 Å². The molecule has 0 saturated heterocycles. The summed E-state index contributed by atoms with van der Waals surface area (Å²) in [4.78, 5) is 37.8. The molecule has 0 heterocycles. The first-order valence-corrected chi connectivity index (χ1v) is 7.00. The first kappa shape index (κ1) is 18.6. The Balaban J connectivity index is 2.43. The van der Waals surface area contributed by atoms with Crippen LogP contribution in [0.4, 0.5) is 10.1 Å². The molecule has 7 nitrogen and oxygen atoms in total. The Bertz CT molecular complexity index is 580. The number of hydrogen-bond acceptors (Lipinski definition) is 4. The number of hydrogen-bond donors (Lipinski definition) is 2. The highest BCUT2D eigenvalue weighted by atomic mass is 19.1. The van der Waals surface area contributed by atoms with Crippen LogP contribution in [0.5, 0.6) is 0 Å². The lowest BCUT2D eigenvalue weighted by molar-refractivity contribution is -0.135. The molecule has 3 amide bonds. The van der Waals surface area contributed by atoms with Crippen LogP contribution in [0.15, 0.2) is 24.3 Å². The quantitative estimate of drug-likeness (QED) is 0.734. The van der Waals surface area contributed by atoms with Crippen LogP contribution in [-0.2, 0) is 14.4 Å². The third-order valence-electron chi connectivity index (χ3n) is 3.01. The zero-order valence-corrected chi connectivity index (χ0v) is 13.4.